The molecule has 2 heterocycles. The molecule has 2 amide bonds. The van der Waals surface area contributed by atoms with Crippen LogP contribution in [0.25, 0.3) is 0 Å². The maximum Gasteiger partial charge on any atom is 0.261 e. The molecule has 0 spiro atoms. The van der Waals surface area contributed by atoms with Crippen LogP contribution in [0.3, 0.4) is 0 Å². The monoisotopic (exact) mass is 322 g/mol. The minimum atomic E-state index is -1.27. The minimum absolute atomic E-state index is 0.0400. The van der Waals surface area contributed by atoms with Gasteiger partial charge in [0.15, 0.2) is 0 Å². The molecule has 1 unspecified atom stereocenters. The second kappa shape index (κ2) is 6.76. The van der Waals surface area contributed by atoms with Crippen molar-refractivity contribution in [3.8, 4) is 0 Å². The van der Waals surface area contributed by atoms with E-state index in [4.69, 9.17) is 4.42 Å². The molecular formula is C15H18N2O4S. The van der Waals surface area contributed by atoms with Crippen LogP contribution in [0.1, 0.15) is 34.2 Å². The third-order valence-corrected chi connectivity index (χ3v) is 4.13. The van der Waals surface area contributed by atoms with Gasteiger partial charge in [-0.05, 0) is 31.2 Å². The van der Waals surface area contributed by atoms with Crippen LogP contribution < -0.4 is 10.6 Å². The molecule has 0 fully saturated rings. The Morgan fingerprint density at radius 3 is 2.73 bits per heavy atom. The van der Waals surface area contributed by atoms with Gasteiger partial charge in [-0.15, -0.1) is 11.3 Å². The largest absolute Gasteiger partial charge is 0.466 e. The second-order valence-electron chi connectivity index (χ2n) is 5.11. The van der Waals surface area contributed by atoms with E-state index >= 15 is 0 Å². The number of furan rings is 1. The van der Waals surface area contributed by atoms with Gasteiger partial charge in [-0.25, -0.2) is 0 Å². The van der Waals surface area contributed by atoms with Crippen molar-refractivity contribution in [2.75, 3.05) is 6.54 Å². The first kappa shape index (κ1) is 16.3. The van der Waals surface area contributed by atoms with Gasteiger partial charge in [0.05, 0.1) is 24.2 Å². The summed E-state index contributed by atoms with van der Waals surface area (Å²) < 4.78 is 5.16. The predicted molar refractivity (Wildman–Crippen MR) is 82.5 cm³/mol. The van der Waals surface area contributed by atoms with Gasteiger partial charge in [-0.1, -0.05) is 0 Å². The van der Waals surface area contributed by atoms with Gasteiger partial charge in [-0.3, -0.25) is 9.59 Å². The van der Waals surface area contributed by atoms with Crippen LogP contribution in [-0.2, 0) is 16.9 Å². The number of rotatable bonds is 6. The fraction of sp³-hybridized carbons (Fsp3) is 0.333. The number of amides is 2. The highest BCUT2D eigenvalue weighted by Gasteiger charge is 2.27. The molecule has 0 aliphatic rings. The summed E-state index contributed by atoms with van der Waals surface area (Å²) in [6, 6.07) is 6.82. The quantitative estimate of drug-likeness (QED) is 0.753. The van der Waals surface area contributed by atoms with Crippen LogP contribution in [0.4, 0.5) is 0 Å². The van der Waals surface area contributed by atoms with Crippen LogP contribution in [0.5, 0.6) is 0 Å². The van der Waals surface area contributed by atoms with Gasteiger partial charge in [0, 0.05) is 11.8 Å². The molecule has 2 aromatic rings. The standard InChI is InChI=1S/C15H18N2O4S/c1-10(18)16-8-11-5-6-12(22-11)14(19)17-9-15(2,20)13-4-3-7-21-13/h3-7,20H,8-9H2,1-2H3,(H,16,18)(H,17,19). The van der Waals surface area contributed by atoms with Crippen molar-refractivity contribution in [3.05, 3.63) is 46.0 Å². The Bertz CT molecular complexity index is 646. The van der Waals surface area contributed by atoms with E-state index in [0.717, 1.165) is 4.88 Å². The number of hydrogen-bond acceptors (Lipinski definition) is 5. The number of carbonyl (C=O) groups is 2. The summed E-state index contributed by atoms with van der Waals surface area (Å²) in [6.07, 6.45) is 1.47. The van der Waals surface area contributed by atoms with Crippen LogP contribution in [-0.4, -0.2) is 23.5 Å². The minimum Gasteiger partial charge on any atom is -0.466 e. The average Bonchev–Trinajstić information content (AvgIpc) is 3.13. The van der Waals surface area contributed by atoms with E-state index in [-0.39, 0.29) is 18.4 Å². The molecule has 0 saturated carbocycles. The molecule has 118 valence electrons. The fourth-order valence-corrected chi connectivity index (χ4v) is 2.68. The highest BCUT2D eigenvalue weighted by atomic mass is 32.1. The summed E-state index contributed by atoms with van der Waals surface area (Å²) >= 11 is 1.30. The zero-order valence-corrected chi connectivity index (χ0v) is 13.2. The number of carbonyl (C=O) groups excluding carboxylic acids is 2. The van der Waals surface area contributed by atoms with E-state index in [9.17, 15) is 14.7 Å². The molecule has 2 aromatic heterocycles. The van der Waals surface area contributed by atoms with Gasteiger partial charge >= 0.3 is 0 Å². The summed E-state index contributed by atoms with van der Waals surface area (Å²) in [6.45, 7) is 3.45. The smallest absolute Gasteiger partial charge is 0.261 e. The predicted octanol–water partition coefficient (Wildman–Crippen LogP) is 1.61. The Labute approximate surface area is 132 Å². The van der Waals surface area contributed by atoms with Crippen molar-refractivity contribution >= 4 is 23.2 Å². The highest BCUT2D eigenvalue weighted by Crippen LogP contribution is 2.21. The molecular weight excluding hydrogens is 304 g/mol. The zero-order valence-electron chi connectivity index (χ0n) is 12.4. The van der Waals surface area contributed by atoms with Crippen molar-refractivity contribution in [1.29, 1.82) is 0 Å². The van der Waals surface area contributed by atoms with Crippen LogP contribution in [0.2, 0.25) is 0 Å². The SMILES string of the molecule is CC(=O)NCc1ccc(C(=O)NCC(C)(O)c2ccco2)s1. The molecule has 0 aliphatic heterocycles. The summed E-state index contributed by atoms with van der Waals surface area (Å²) in [5.41, 5.74) is -1.27. The van der Waals surface area contributed by atoms with Crippen molar-refractivity contribution in [1.82, 2.24) is 10.6 Å². The fourth-order valence-electron chi connectivity index (χ4n) is 1.82. The number of hydrogen-bond donors (Lipinski definition) is 3. The zero-order chi connectivity index (χ0) is 16.2. The van der Waals surface area contributed by atoms with Crippen molar-refractivity contribution in [2.45, 2.75) is 26.0 Å². The van der Waals surface area contributed by atoms with Crippen LogP contribution in [0, 0.1) is 0 Å². The molecule has 22 heavy (non-hydrogen) atoms. The van der Waals surface area contributed by atoms with E-state index in [0.29, 0.717) is 17.2 Å². The lowest BCUT2D eigenvalue weighted by Gasteiger charge is -2.20. The van der Waals surface area contributed by atoms with Gasteiger partial charge in [0.25, 0.3) is 5.91 Å². The Kier molecular flexibility index (Phi) is 4.99. The molecule has 0 aromatic carbocycles. The van der Waals surface area contributed by atoms with Crippen LogP contribution in [0.15, 0.2) is 34.9 Å². The molecule has 0 radical (unpaired) electrons. The third-order valence-electron chi connectivity index (χ3n) is 3.04. The average molecular weight is 322 g/mol. The van der Waals surface area contributed by atoms with Gasteiger partial charge in [0.2, 0.25) is 5.91 Å². The first-order chi connectivity index (χ1) is 10.4. The maximum absolute atomic E-state index is 12.1. The Morgan fingerprint density at radius 1 is 1.32 bits per heavy atom. The molecule has 0 bridgehead atoms. The van der Waals surface area contributed by atoms with Crippen LogP contribution >= 0.6 is 11.3 Å². The number of aliphatic hydroxyl groups is 1. The molecule has 6 nitrogen and oxygen atoms in total. The van der Waals surface area contributed by atoms with Crippen molar-refractivity contribution in [3.63, 3.8) is 0 Å². The Balaban J connectivity index is 1.91. The number of nitrogens with one attached hydrogen (secondary N) is 2. The Morgan fingerprint density at radius 2 is 2.09 bits per heavy atom. The summed E-state index contributed by atoms with van der Waals surface area (Å²) in [7, 11) is 0. The first-order valence-corrected chi connectivity index (χ1v) is 7.58. The maximum atomic E-state index is 12.1. The molecule has 7 heteroatoms. The van der Waals surface area contributed by atoms with Gasteiger partial charge in [0.1, 0.15) is 11.4 Å². The van der Waals surface area contributed by atoms with Gasteiger partial charge < -0.3 is 20.2 Å². The lowest BCUT2D eigenvalue weighted by atomic mass is 10.0. The molecule has 1 atom stereocenters. The topological polar surface area (TPSA) is 91.6 Å². The van der Waals surface area contributed by atoms with Crippen molar-refractivity contribution < 1.29 is 19.1 Å². The summed E-state index contributed by atoms with van der Waals surface area (Å²) in [4.78, 5) is 24.4. The summed E-state index contributed by atoms with van der Waals surface area (Å²) in [5.74, 6) is 0.00475. The second-order valence-corrected chi connectivity index (χ2v) is 6.28. The molecule has 0 saturated heterocycles. The summed E-state index contributed by atoms with van der Waals surface area (Å²) in [5, 5.41) is 15.6. The lowest BCUT2D eigenvalue weighted by molar-refractivity contribution is -0.119. The molecule has 2 rings (SSSR count). The molecule has 0 aliphatic carbocycles. The normalized spacial score (nSPS) is 13.4. The van der Waals surface area contributed by atoms with E-state index < -0.39 is 5.60 Å². The van der Waals surface area contributed by atoms with E-state index in [1.165, 1.54) is 24.5 Å². The van der Waals surface area contributed by atoms with Crippen molar-refractivity contribution in [2.24, 2.45) is 0 Å². The Hall–Kier alpha value is -2.12. The third kappa shape index (κ3) is 4.19. The lowest BCUT2D eigenvalue weighted by Crippen LogP contribution is -2.38. The van der Waals surface area contributed by atoms with Gasteiger partial charge in [-0.2, -0.15) is 0 Å². The highest BCUT2D eigenvalue weighted by molar-refractivity contribution is 7.14. The van der Waals surface area contributed by atoms with E-state index in [1.54, 1.807) is 31.2 Å². The van der Waals surface area contributed by atoms with E-state index in [2.05, 4.69) is 10.6 Å². The molecule has 3 N–H and O–H groups in total. The van der Waals surface area contributed by atoms with E-state index in [1.807, 2.05) is 0 Å². The number of thiophene rings is 1. The first-order valence-electron chi connectivity index (χ1n) is 6.76.